The molecule has 26 heavy (non-hydrogen) atoms. The lowest BCUT2D eigenvalue weighted by Crippen LogP contribution is -2.39. The summed E-state index contributed by atoms with van der Waals surface area (Å²) in [6.07, 6.45) is 3.52. The number of rotatable bonds is 5. The van der Waals surface area contributed by atoms with Crippen molar-refractivity contribution in [2.75, 3.05) is 13.1 Å². The van der Waals surface area contributed by atoms with E-state index >= 15 is 0 Å². The highest BCUT2D eigenvalue weighted by molar-refractivity contribution is 6.33. The van der Waals surface area contributed by atoms with E-state index in [-0.39, 0.29) is 24.3 Å². The van der Waals surface area contributed by atoms with Crippen LogP contribution < -0.4 is 5.32 Å². The molecule has 2 amide bonds. The molecular formula is C21H23ClN2O2. The molecular weight excluding hydrogens is 348 g/mol. The minimum Gasteiger partial charge on any atom is -0.345 e. The average Bonchev–Trinajstić information content (AvgIpc) is 2.69. The molecule has 2 aromatic carbocycles. The molecule has 1 atom stereocenters. The smallest absolute Gasteiger partial charge is 0.253 e. The van der Waals surface area contributed by atoms with Crippen molar-refractivity contribution in [1.82, 2.24) is 10.2 Å². The van der Waals surface area contributed by atoms with Gasteiger partial charge in [-0.15, -0.1) is 0 Å². The molecule has 0 spiro atoms. The minimum absolute atomic E-state index is 0.0815. The quantitative estimate of drug-likeness (QED) is 0.856. The van der Waals surface area contributed by atoms with E-state index in [9.17, 15) is 9.59 Å². The van der Waals surface area contributed by atoms with Gasteiger partial charge in [0.25, 0.3) is 5.91 Å². The van der Waals surface area contributed by atoms with Crippen molar-refractivity contribution >= 4 is 23.4 Å². The number of piperidine rings is 1. The number of carbonyl (C=O) groups excluding carboxylic acids is 2. The van der Waals surface area contributed by atoms with Crippen molar-refractivity contribution in [3.05, 3.63) is 70.7 Å². The van der Waals surface area contributed by atoms with Crippen molar-refractivity contribution in [3.63, 3.8) is 0 Å². The molecule has 1 saturated heterocycles. The Bertz CT molecular complexity index is 758. The fourth-order valence-electron chi connectivity index (χ4n) is 3.27. The minimum atomic E-state index is -0.380. The van der Waals surface area contributed by atoms with Gasteiger partial charge >= 0.3 is 0 Å². The number of hydrogen-bond acceptors (Lipinski definition) is 2. The molecule has 4 nitrogen and oxygen atoms in total. The SMILES string of the molecule is O=C(N[C@@H](CC(=O)N1CCCCC1)c1ccccc1)c1ccccc1Cl. The van der Waals surface area contributed by atoms with Crippen LogP contribution in [0.4, 0.5) is 0 Å². The Hall–Kier alpha value is -2.33. The van der Waals surface area contributed by atoms with Crippen LogP contribution in [0, 0.1) is 0 Å². The number of benzene rings is 2. The predicted molar refractivity (Wildman–Crippen MR) is 103 cm³/mol. The molecule has 0 saturated carbocycles. The Morgan fingerprint density at radius 3 is 2.31 bits per heavy atom. The third-order valence-corrected chi connectivity index (χ3v) is 5.04. The van der Waals surface area contributed by atoms with Gasteiger partial charge in [0.15, 0.2) is 0 Å². The Morgan fingerprint density at radius 1 is 0.962 bits per heavy atom. The number of nitrogens with one attached hydrogen (secondary N) is 1. The van der Waals surface area contributed by atoms with Gasteiger partial charge in [0.05, 0.1) is 23.0 Å². The van der Waals surface area contributed by atoms with Crippen molar-refractivity contribution in [1.29, 1.82) is 0 Å². The van der Waals surface area contributed by atoms with E-state index in [1.807, 2.05) is 35.2 Å². The van der Waals surface area contributed by atoms with Crippen LogP contribution in [0.2, 0.25) is 5.02 Å². The van der Waals surface area contributed by atoms with Crippen LogP contribution in [0.1, 0.15) is 47.6 Å². The Labute approximate surface area is 159 Å². The largest absolute Gasteiger partial charge is 0.345 e. The maximum Gasteiger partial charge on any atom is 0.253 e. The van der Waals surface area contributed by atoms with E-state index in [4.69, 9.17) is 11.6 Å². The highest BCUT2D eigenvalue weighted by atomic mass is 35.5. The maximum atomic E-state index is 12.7. The van der Waals surface area contributed by atoms with E-state index in [2.05, 4.69) is 5.32 Å². The van der Waals surface area contributed by atoms with Gasteiger partial charge in [-0.25, -0.2) is 0 Å². The van der Waals surface area contributed by atoms with Crippen molar-refractivity contribution in [2.24, 2.45) is 0 Å². The number of likely N-dealkylation sites (tertiary alicyclic amines) is 1. The van der Waals surface area contributed by atoms with Crippen LogP contribution in [0.15, 0.2) is 54.6 Å². The number of amides is 2. The van der Waals surface area contributed by atoms with Crippen LogP contribution in [-0.2, 0) is 4.79 Å². The molecule has 3 rings (SSSR count). The van der Waals surface area contributed by atoms with Gasteiger partial charge < -0.3 is 10.2 Å². The zero-order chi connectivity index (χ0) is 18.4. The zero-order valence-corrected chi connectivity index (χ0v) is 15.4. The average molecular weight is 371 g/mol. The van der Waals surface area contributed by atoms with E-state index in [0.717, 1.165) is 31.5 Å². The maximum absolute atomic E-state index is 12.7. The topological polar surface area (TPSA) is 49.4 Å². The summed E-state index contributed by atoms with van der Waals surface area (Å²) in [6.45, 7) is 1.61. The third-order valence-electron chi connectivity index (χ3n) is 4.71. The molecule has 1 heterocycles. The highest BCUT2D eigenvalue weighted by Crippen LogP contribution is 2.22. The van der Waals surface area contributed by atoms with Gasteiger partial charge in [0.1, 0.15) is 0 Å². The van der Waals surface area contributed by atoms with E-state index in [1.165, 1.54) is 6.42 Å². The normalized spacial score (nSPS) is 15.3. The van der Waals surface area contributed by atoms with Crippen LogP contribution >= 0.6 is 11.6 Å². The van der Waals surface area contributed by atoms with Gasteiger partial charge in [-0.2, -0.15) is 0 Å². The van der Waals surface area contributed by atoms with Crippen LogP contribution in [0.25, 0.3) is 0 Å². The molecule has 0 bridgehead atoms. The summed E-state index contributed by atoms with van der Waals surface area (Å²) < 4.78 is 0. The highest BCUT2D eigenvalue weighted by Gasteiger charge is 2.24. The standard InChI is InChI=1S/C21H23ClN2O2/c22-18-12-6-5-11-17(18)21(26)23-19(16-9-3-1-4-10-16)15-20(25)24-13-7-2-8-14-24/h1,3-6,9-12,19H,2,7-8,13-15H2,(H,23,26)/t19-/m0/s1. The van der Waals surface area contributed by atoms with Crippen LogP contribution in [-0.4, -0.2) is 29.8 Å². The predicted octanol–water partition coefficient (Wildman–Crippen LogP) is 4.21. The molecule has 1 aliphatic heterocycles. The van der Waals surface area contributed by atoms with Crippen molar-refractivity contribution < 1.29 is 9.59 Å². The van der Waals surface area contributed by atoms with Gasteiger partial charge in [-0.05, 0) is 37.0 Å². The van der Waals surface area contributed by atoms with Gasteiger partial charge in [0.2, 0.25) is 5.91 Å². The monoisotopic (exact) mass is 370 g/mol. The number of halogens is 1. The van der Waals surface area contributed by atoms with Gasteiger partial charge in [-0.1, -0.05) is 54.1 Å². The molecule has 0 aliphatic carbocycles. The molecule has 136 valence electrons. The molecule has 1 aliphatic rings. The number of hydrogen-bond donors (Lipinski definition) is 1. The number of carbonyl (C=O) groups is 2. The molecule has 0 radical (unpaired) electrons. The van der Waals surface area contributed by atoms with Crippen LogP contribution in [0.5, 0.6) is 0 Å². The molecule has 5 heteroatoms. The summed E-state index contributed by atoms with van der Waals surface area (Å²) in [5, 5.41) is 3.39. The summed E-state index contributed by atoms with van der Waals surface area (Å²) in [6, 6.07) is 16.2. The van der Waals surface area contributed by atoms with E-state index < -0.39 is 0 Å². The lowest BCUT2D eigenvalue weighted by Gasteiger charge is -2.29. The molecule has 2 aromatic rings. The second kappa shape index (κ2) is 8.86. The van der Waals surface area contributed by atoms with Crippen LogP contribution in [0.3, 0.4) is 0 Å². The first kappa shape index (κ1) is 18.5. The lowest BCUT2D eigenvalue weighted by molar-refractivity contribution is -0.132. The summed E-state index contributed by atoms with van der Waals surface area (Å²) in [7, 11) is 0. The van der Waals surface area contributed by atoms with Crippen molar-refractivity contribution in [2.45, 2.75) is 31.7 Å². The molecule has 0 aromatic heterocycles. The second-order valence-corrected chi connectivity index (χ2v) is 6.97. The summed E-state index contributed by atoms with van der Waals surface area (Å²) in [5.74, 6) is -0.186. The van der Waals surface area contributed by atoms with Crippen molar-refractivity contribution in [3.8, 4) is 0 Å². The Morgan fingerprint density at radius 2 is 1.62 bits per heavy atom. The Balaban J connectivity index is 1.76. The number of nitrogens with zero attached hydrogens (tertiary/aromatic N) is 1. The molecule has 0 unspecified atom stereocenters. The van der Waals surface area contributed by atoms with E-state index in [1.54, 1.807) is 24.3 Å². The summed E-state index contributed by atoms with van der Waals surface area (Å²) in [5.41, 5.74) is 1.33. The molecule has 1 fully saturated rings. The fraction of sp³-hybridized carbons (Fsp3) is 0.333. The summed E-state index contributed by atoms with van der Waals surface area (Å²) in [4.78, 5) is 27.3. The van der Waals surface area contributed by atoms with E-state index in [0.29, 0.717) is 10.6 Å². The third kappa shape index (κ3) is 4.64. The van der Waals surface area contributed by atoms with Gasteiger partial charge in [0, 0.05) is 13.1 Å². The fourth-order valence-corrected chi connectivity index (χ4v) is 3.49. The first-order chi connectivity index (χ1) is 12.6. The van der Waals surface area contributed by atoms with Gasteiger partial charge in [-0.3, -0.25) is 9.59 Å². The second-order valence-electron chi connectivity index (χ2n) is 6.56. The first-order valence-corrected chi connectivity index (χ1v) is 9.41. The zero-order valence-electron chi connectivity index (χ0n) is 14.7. The Kier molecular flexibility index (Phi) is 6.29. The molecule has 1 N–H and O–H groups in total. The lowest BCUT2D eigenvalue weighted by atomic mass is 10.0. The summed E-state index contributed by atoms with van der Waals surface area (Å²) >= 11 is 6.14. The first-order valence-electron chi connectivity index (χ1n) is 9.03.